The maximum atomic E-state index is 12.8. The van der Waals surface area contributed by atoms with Gasteiger partial charge >= 0.3 is 0 Å². The monoisotopic (exact) mass is 458 g/mol. The van der Waals surface area contributed by atoms with Crippen LogP contribution in [0.15, 0.2) is 35.2 Å². The van der Waals surface area contributed by atoms with Crippen LogP contribution in [-0.2, 0) is 10.0 Å². The standard InChI is InChI=1S/C19H20Cl2N2O5S/c1-2-28-16-10-12(9-15(21)18(16)24)19(25)22-13-5-6-14(20)17(11-13)29(26,27)23-7-3-4-8-23/h5-6,9-11,24H,2-4,7-8H2,1H3,(H,22,25). The molecule has 0 spiro atoms. The minimum Gasteiger partial charge on any atom is -0.503 e. The van der Waals surface area contributed by atoms with Crippen LogP contribution in [0.1, 0.15) is 30.1 Å². The minimum absolute atomic E-state index is 0.0329. The second-order valence-corrected chi connectivity index (χ2v) is 9.17. The number of aromatic hydroxyl groups is 1. The van der Waals surface area contributed by atoms with Crippen molar-refractivity contribution in [2.24, 2.45) is 0 Å². The lowest BCUT2D eigenvalue weighted by atomic mass is 10.1. The number of carbonyl (C=O) groups excluding carboxylic acids is 1. The average Bonchev–Trinajstić information content (AvgIpc) is 3.22. The van der Waals surface area contributed by atoms with Gasteiger partial charge in [-0.15, -0.1) is 0 Å². The Labute approximate surface area is 179 Å². The molecule has 3 rings (SSSR count). The molecule has 2 aromatic rings. The third kappa shape index (κ3) is 4.61. The summed E-state index contributed by atoms with van der Waals surface area (Å²) in [4.78, 5) is 12.6. The lowest BCUT2D eigenvalue weighted by Gasteiger charge is -2.17. The zero-order valence-electron chi connectivity index (χ0n) is 15.6. The molecule has 2 N–H and O–H groups in total. The molecule has 2 aromatic carbocycles. The number of benzene rings is 2. The molecule has 7 nitrogen and oxygen atoms in total. The first-order valence-electron chi connectivity index (χ1n) is 9.00. The van der Waals surface area contributed by atoms with Gasteiger partial charge in [-0.05, 0) is 50.1 Å². The zero-order chi connectivity index (χ0) is 21.2. The Morgan fingerprint density at radius 2 is 1.86 bits per heavy atom. The summed E-state index contributed by atoms with van der Waals surface area (Å²) >= 11 is 12.1. The van der Waals surface area contributed by atoms with Crippen LogP contribution in [0.5, 0.6) is 11.5 Å². The highest BCUT2D eigenvalue weighted by molar-refractivity contribution is 7.89. The fourth-order valence-corrected chi connectivity index (χ4v) is 5.25. The van der Waals surface area contributed by atoms with E-state index in [-0.39, 0.29) is 44.3 Å². The Bertz CT molecular complexity index is 1040. The molecule has 0 bridgehead atoms. The van der Waals surface area contributed by atoms with Crippen LogP contribution in [0.3, 0.4) is 0 Å². The van der Waals surface area contributed by atoms with Crippen molar-refractivity contribution < 1.29 is 23.1 Å². The summed E-state index contributed by atoms with van der Waals surface area (Å²) in [6.07, 6.45) is 1.61. The van der Waals surface area contributed by atoms with Gasteiger partial charge in [0.1, 0.15) is 4.90 Å². The molecule has 0 radical (unpaired) electrons. The van der Waals surface area contributed by atoms with Crippen LogP contribution in [0.4, 0.5) is 5.69 Å². The number of phenols is 1. The van der Waals surface area contributed by atoms with Crippen molar-refractivity contribution in [2.75, 3.05) is 25.0 Å². The van der Waals surface area contributed by atoms with Gasteiger partial charge in [-0.25, -0.2) is 8.42 Å². The molecule has 10 heteroatoms. The number of amides is 1. The lowest BCUT2D eigenvalue weighted by Crippen LogP contribution is -2.28. The van der Waals surface area contributed by atoms with Gasteiger partial charge in [0.05, 0.1) is 16.7 Å². The van der Waals surface area contributed by atoms with E-state index in [1.54, 1.807) is 6.92 Å². The summed E-state index contributed by atoms with van der Waals surface area (Å²) in [5.41, 5.74) is 0.412. The van der Waals surface area contributed by atoms with E-state index < -0.39 is 15.9 Å². The van der Waals surface area contributed by atoms with Crippen molar-refractivity contribution >= 4 is 44.8 Å². The number of ether oxygens (including phenoxy) is 1. The summed E-state index contributed by atoms with van der Waals surface area (Å²) in [6.45, 7) is 2.91. The van der Waals surface area contributed by atoms with Gasteiger partial charge in [-0.2, -0.15) is 4.31 Å². The number of hydrogen-bond acceptors (Lipinski definition) is 5. The number of hydrogen-bond donors (Lipinski definition) is 2. The Morgan fingerprint density at radius 1 is 1.17 bits per heavy atom. The van der Waals surface area contributed by atoms with E-state index in [1.165, 1.54) is 34.6 Å². The highest BCUT2D eigenvalue weighted by Crippen LogP contribution is 2.36. The van der Waals surface area contributed by atoms with Crippen LogP contribution in [0.25, 0.3) is 0 Å². The van der Waals surface area contributed by atoms with Crippen molar-refractivity contribution in [1.82, 2.24) is 4.31 Å². The van der Waals surface area contributed by atoms with Gasteiger partial charge in [0.2, 0.25) is 10.0 Å². The van der Waals surface area contributed by atoms with Gasteiger partial charge in [0.25, 0.3) is 5.91 Å². The number of nitrogens with one attached hydrogen (secondary N) is 1. The van der Waals surface area contributed by atoms with E-state index >= 15 is 0 Å². The predicted molar refractivity (Wildman–Crippen MR) is 112 cm³/mol. The SMILES string of the molecule is CCOc1cc(C(=O)Nc2ccc(Cl)c(S(=O)(=O)N3CCCC3)c2)cc(Cl)c1O. The second kappa shape index (κ2) is 8.79. The van der Waals surface area contributed by atoms with Crippen LogP contribution in [-0.4, -0.2) is 43.4 Å². The molecule has 1 aliphatic heterocycles. The predicted octanol–water partition coefficient (Wildman–Crippen LogP) is 4.13. The van der Waals surface area contributed by atoms with E-state index in [0.29, 0.717) is 13.1 Å². The van der Waals surface area contributed by atoms with Crippen LogP contribution in [0, 0.1) is 0 Å². The summed E-state index contributed by atoms with van der Waals surface area (Å²) in [5.74, 6) is -0.714. The van der Waals surface area contributed by atoms with Gasteiger partial charge in [0, 0.05) is 24.3 Å². The summed E-state index contributed by atoms with van der Waals surface area (Å²) < 4.78 is 32.3. The molecular formula is C19H20Cl2N2O5S. The maximum absolute atomic E-state index is 12.8. The van der Waals surface area contributed by atoms with E-state index in [1.807, 2.05) is 0 Å². The number of nitrogens with zero attached hydrogens (tertiary/aromatic N) is 1. The molecule has 0 saturated carbocycles. The van der Waals surface area contributed by atoms with Crippen LogP contribution in [0.2, 0.25) is 10.0 Å². The molecule has 1 aliphatic rings. The fraction of sp³-hybridized carbons (Fsp3) is 0.316. The first-order valence-corrected chi connectivity index (χ1v) is 11.2. The number of rotatable bonds is 6. The number of halogens is 2. The molecule has 0 aliphatic carbocycles. The quantitative estimate of drug-likeness (QED) is 0.677. The van der Waals surface area contributed by atoms with Gasteiger partial charge in [-0.1, -0.05) is 23.2 Å². The molecule has 1 amide bonds. The normalized spacial score (nSPS) is 14.7. The molecule has 1 fully saturated rings. The van der Waals surface area contributed by atoms with Crippen molar-refractivity contribution in [2.45, 2.75) is 24.7 Å². The Hall–Kier alpha value is -2.00. The zero-order valence-corrected chi connectivity index (χ0v) is 17.9. The van der Waals surface area contributed by atoms with Crippen LogP contribution < -0.4 is 10.1 Å². The van der Waals surface area contributed by atoms with Crippen molar-refractivity contribution in [3.63, 3.8) is 0 Å². The van der Waals surface area contributed by atoms with Gasteiger partial charge < -0.3 is 15.2 Å². The Kier molecular flexibility index (Phi) is 6.58. The number of anilines is 1. The topological polar surface area (TPSA) is 95.9 Å². The van der Waals surface area contributed by atoms with E-state index in [4.69, 9.17) is 27.9 Å². The Morgan fingerprint density at radius 3 is 2.52 bits per heavy atom. The van der Waals surface area contributed by atoms with Crippen LogP contribution >= 0.6 is 23.2 Å². The number of carbonyl (C=O) groups is 1. The first kappa shape index (κ1) is 21.7. The third-order valence-electron chi connectivity index (χ3n) is 4.46. The molecule has 0 unspecified atom stereocenters. The molecular weight excluding hydrogens is 439 g/mol. The molecule has 0 aromatic heterocycles. The average molecular weight is 459 g/mol. The van der Waals surface area contributed by atoms with E-state index in [2.05, 4.69) is 5.32 Å². The highest BCUT2D eigenvalue weighted by Gasteiger charge is 2.29. The number of sulfonamides is 1. The van der Waals surface area contributed by atoms with Gasteiger partial charge in [-0.3, -0.25) is 4.79 Å². The largest absolute Gasteiger partial charge is 0.503 e. The summed E-state index contributed by atoms with van der Waals surface area (Å²) in [6, 6.07) is 6.92. The van der Waals surface area contributed by atoms with E-state index in [9.17, 15) is 18.3 Å². The number of phenolic OH excluding ortho intramolecular Hbond substituents is 1. The minimum atomic E-state index is -3.74. The molecule has 156 valence electrons. The van der Waals surface area contributed by atoms with Crippen molar-refractivity contribution in [1.29, 1.82) is 0 Å². The molecule has 29 heavy (non-hydrogen) atoms. The molecule has 1 heterocycles. The first-order chi connectivity index (χ1) is 13.7. The summed E-state index contributed by atoms with van der Waals surface area (Å²) in [5, 5.41) is 12.6. The molecule has 1 saturated heterocycles. The second-order valence-electron chi connectivity index (χ2n) is 6.45. The maximum Gasteiger partial charge on any atom is 0.255 e. The van der Waals surface area contributed by atoms with Crippen molar-refractivity contribution in [3.05, 3.63) is 45.9 Å². The lowest BCUT2D eigenvalue weighted by molar-refractivity contribution is 0.102. The van der Waals surface area contributed by atoms with Crippen molar-refractivity contribution in [3.8, 4) is 11.5 Å². The van der Waals surface area contributed by atoms with Gasteiger partial charge in [0.15, 0.2) is 11.5 Å². The highest BCUT2D eigenvalue weighted by atomic mass is 35.5. The fourth-order valence-electron chi connectivity index (χ4n) is 3.02. The Balaban J connectivity index is 1.88. The summed E-state index contributed by atoms with van der Waals surface area (Å²) in [7, 11) is -3.74. The smallest absolute Gasteiger partial charge is 0.255 e. The third-order valence-corrected chi connectivity index (χ3v) is 7.13. The molecule has 0 atom stereocenters. The van der Waals surface area contributed by atoms with E-state index in [0.717, 1.165) is 12.8 Å².